The third-order valence-electron chi connectivity index (χ3n) is 5.61. The van der Waals surface area contributed by atoms with Gasteiger partial charge >= 0.3 is 0 Å². The van der Waals surface area contributed by atoms with E-state index in [0.717, 1.165) is 26.2 Å². The highest BCUT2D eigenvalue weighted by atomic mass is 15.1. The van der Waals surface area contributed by atoms with Gasteiger partial charge in [-0.25, -0.2) is 0 Å². The van der Waals surface area contributed by atoms with Gasteiger partial charge in [0, 0.05) is 29.6 Å². The largest absolute Gasteiger partial charge is 0.339 e. The molecule has 0 bridgehead atoms. The Hall–Kier alpha value is -2.84. The Morgan fingerprint density at radius 2 is 1.25 bits per heavy atom. The molecule has 4 aromatic rings. The SMILES string of the molecule is CCN(CC)CCn1c(-c2ccccc2)c(-c2ccccc2)c2ccccc21. The summed E-state index contributed by atoms with van der Waals surface area (Å²) in [5.74, 6) is 0. The highest BCUT2D eigenvalue weighted by molar-refractivity contribution is 6.04. The predicted molar refractivity (Wildman–Crippen MR) is 121 cm³/mol. The van der Waals surface area contributed by atoms with Crippen molar-refractivity contribution in [3.8, 4) is 22.4 Å². The van der Waals surface area contributed by atoms with Gasteiger partial charge in [-0.3, -0.25) is 0 Å². The lowest BCUT2D eigenvalue weighted by Crippen LogP contribution is -2.27. The van der Waals surface area contributed by atoms with Crippen molar-refractivity contribution in [2.45, 2.75) is 20.4 Å². The van der Waals surface area contributed by atoms with Crippen molar-refractivity contribution < 1.29 is 0 Å². The Balaban J connectivity index is 1.96. The molecule has 0 aliphatic rings. The average Bonchev–Trinajstić information content (AvgIpc) is 3.10. The summed E-state index contributed by atoms with van der Waals surface area (Å²) in [6.07, 6.45) is 0. The molecule has 0 N–H and O–H groups in total. The van der Waals surface area contributed by atoms with E-state index in [1.807, 2.05) is 0 Å². The second kappa shape index (κ2) is 8.45. The third kappa shape index (κ3) is 3.48. The van der Waals surface area contributed by atoms with Gasteiger partial charge in [-0.15, -0.1) is 0 Å². The zero-order valence-electron chi connectivity index (χ0n) is 16.8. The minimum atomic E-state index is 0.985. The second-order valence-electron chi connectivity index (χ2n) is 7.15. The number of hydrogen-bond donors (Lipinski definition) is 0. The van der Waals surface area contributed by atoms with Gasteiger partial charge in [0.1, 0.15) is 0 Å². The van der Waals surface area contributed by atoms with Crippen LogP contribution in [0, 0.1) is 0 Å². The van der Waals surface area contributed by atoms with Crippen LogP contribution in [0.1, 0.15) is 13.8 Å². The molecular weight excluding hydrogens is 340 g/mol. The van der Waals surface area contributed by atoms with Crippen LogP contribution in [-0.2, 0) is 6.54 Å². The van der Waals surface area contributed by atoms with Crippen LogP contribution in [0.4, 0.5) is 0 Å². The number of aromatic nitrogens is 1. The van der Waals surface area contributed by atoms with Gasteiger partial charge in [-0.1, -0.05) is 92.7 Å². The second-order valence-corrected chi connectivity index (χ2v) is 7.15. The van der Waals surface area contributed by atoms with E-state index in [-0.39, 0.29) is 0 Å². The van der Waals surface area contributed by atoms with Crippen LogP contribution in [0.3, 0.4) is 0 Å². The summed E-state index contributed by atoms with van der Waals surface area (Å²) in [6.45, 7) is 8.69. The molecule has 0 fully saturated rings. The molecule has 3 aromatic carbocycles. The van der Waals surface area contributed by atoms with Gasteiger partial charge in [0.25, 0.3) is 0 Å². The first-order chi connectivity index (χ1) is 13.8. The molecule has 0 amide bonds. The number of fused-ring (bicyclic) bond motifs is 1. The Morgan fingerprint density at radius 1 is 0.679 bits per heavy atom. The smallest absolute Gasteiger partial charge is 0.0571 e. The van der Waals surface area contributed by atoms with Crippen molar-refractivity contribution in [1.29, 1.82) is 0 Å². The van der Waals surface area contributed by atoms with Crippen molar-refractivity contribution in [2.24, 2.45) is 0 Å². The van der Waals surface area contributed by atoms with E-state index in [9.17, 15) is 0 Å². The lowest BCUT2D eigenvalue weighted by atomic mass is 9.98. The molecule has 0 spiro atoms. The van der Waals surface area contributed by atoms with Crippen LogP contribution in [0.2, 0.25) is 0 Å². The van der Waals surface area contributed by atoms with E-state index in [4.69, 9.17) is 0 Å². The van der Waals surface area contributed by atoms with Gasteiger partial charge in [0.15, 0.2) is 0 Å². The van der Waals surface area contributed by atoms with Crippen LogP contribution in [0.25, 0.3) is 33.3 Å². The summed E-state index contributed by atoms with van der Waals surface area (Å²) in [4.78, 5) is 2.49. The first kappa shape index (κ1) is 18.5. The van der Waals surface area contributed by atoms with E-state index >= 15 is 0 Å². The fourth-order valence-electron chi connectivity index (χ4n) is 4.11. The normalized spacial score (nSPS) is 11.4. The summed E-state index contributed by atoms with van der Waals surface area (Å²) in [5, 5.41) is 1.33. The van der Waals surface area contributed by atoms with E-state index in [1.165, 1.54) is 33.3 Å². The minimum absolute atomic E-state index is 0.985. The van der Waals surface area contributed by atoms with Crippen molar-refractivity contribution in [3.05, 3.63) is 84.9 Å². The number of likely N-dealkylation sites (N-methyl/N-ethyl adjacent to an activating group) is 1. The molecule has 0 saturated heterocycles. The van der Waals surface area contributed by atoms with E-state index in [2.05, 4.69) is 108 Å². The standard InChI is InChI=1S/C26H28N2/c1-3-27(4-2)19-20-28-24-18-12-11-17-23(24)25(21-13-7-5-8-14-21)26(28)22-15-9-6-10-16-22/h5-18H,3-4,19-20H2,1-2H3. The molecule has 142 valence electrons. The molecule has 0 atom stereocenters. The molecule has 0 aliphatic carbocycles. The fraction of sp³-hybridized carbons (Fsp3) is 0.231. The maximum atomic E-state index is 2.52. The first-order valence-corrected chi connectivity index (χ1v) is 10.3. The lowest BCUT2D eigenvalue weighted by Gasteiger charge is -2.20. The molecule has 1 heterocycles. The third-order valence-corrected chi connectivity index (χ3v) is 5.61. The quantitative estimate of drug-likeness (QED) is 0.371. The molecule has 2 nitrogen and oxygen atoms in total. The molecular formula is C26H28N2. The summed E-state index contributed by atoms with van der Waals surface area (Å²) in [5.41, 5.74) is 6.52. The molecule has 0 unspecified atom stereocenters. The summed E-state index contributed by atoms with van der Waals surface area (Å²) in [6, 6.07) is 30.5. The summed E-state index contributed by atoms with van der Waals surface area (Å²) >= 11 is 0. The van der Waals surface area contributed by atoms with E-state index < -0.39 is 0 Å². The van der Waals surface area contributed by atoms with Gasteiger partial charge in [-0.2, -0.15) is 0 Å². The molecule has 4 rings (SSSR count). The molecule has 2 heteroatoms. The number of nitrogens with zero attached hydrogens (tertiary/aromatic N) is 2. The van der Waals surface area contributed by atoms with Crippen LogP contribution >= 0.6 is 0 Å². The molecule has 0 radical (unpaired) electrons. The molecule has 0 saturated carbocycles. The molecule has 1 aromatic heterocycles. The van der Waals surface area contributed by atoms with E-state index in [0.29, 0.717) is 0 Å². The zero-order valence-corrected chi connectivity index (χ0v) is 16.8. The maximum Gasteiger partial charge on any atom is 0.0571 e. The highest BCUT2D eigenvalue weighted by Gasteiger charge is 2.19. The Morgan fingerprint density at radius 3 is 1.89 bits per heavy atom. The fourth-order valence-corrected chi connectivity index (χ4v) is 4.11. The van der Waals surface area contributed by atoms with Crippen molar-refractivity contribution in [1.82, 2.24) is 9.47 Å². The van der Waals surface area contributed by atoms with Crippen LogP contribution in [0.5, 0.6) is 0 Å². The minimum Gasteiger partial charge on any atom is -0.339 e. The number of para-hydroxylation sites is 1. The topological polar surface area (TPSA) is 8.17 Å². The maximum absolute atomic E-state index is 2.52. The van der Waals surface area contributed by atoms with Crippen LogP contribution in [-0.4, -0.2) is 29.1 Å². The van der Waals surface area contributed by atoms with Gasteiger partial charge < -0.3 is 9.47 Å². The summed E-state index contributed by atoms with van der Waals surface area (Å²) in [7, 11) is 0. The Labute approximate surface area is 168 Å². The van der Waals surface area contributed by atoms with Gasteiger partial charge in [0.2, 0.25) is 0 Å². The van der Waals surface area contributed by atoms with Crippen molar-refractivity contribution in [3.63, 3.8) is 0 Å². The van der Waals surface area contributed by atoms with Gasteiger partial charge in [-0.05, 0) is 30.3 Å². The van der Waals surface area contributed by atoms with Crippen molar-refractivity contribution >= 4 is 10.9 Å². The zero-order chi connectivity index (χ0) is 19.3. The van der Waals surface area contributed by atoms with Crippen LogP contribution in [0.15, 0.2) is 84.9 Å². The average molecular weight is 369 g/mol. The highest BCUT2D eigenvalue weighted by Crippen LogP contribution is 2.40. The number of benzene rings is 3. The van der Waals surface area contributed by atoms with E-state index in [1.54, 1.807) is 0 Å². The molecule has 28 heavy (non-hydrogen) atoms. The summed E-state index contributed by atoms with van der Waals surface area (Å²) < 4.78 is 2.52. The monoisotopic (exact) mass is 368 g/mol. The molecule has 0 aliphatic heterocycles. The Bertz CT molecular complexity index is 1030. The van der Waals surface area contributed by atoms with Crippen molar-refractivity contribution in [2.75, 3.05) is 19.6 Å². The predicted octanol–water partition coefficient (Wildman–Crippen LogP) is 6.32. The first-order valence-electron chi connectivity index (χ1n) is 10.3. The van der Waals surface area contributed by atoms with Crippen LogP contribution < -0.4 is 0 Å². The van der Waals surface area contributed by atoms with Gasteiger partial charge in [0.05, 0.1) is 5.69 Å². The number of hydrogen-bond acceptors (Lipinski definition) is 1. The Kier molecular flexibility index (Phi) is 5.59. The number of rotatable bonds is 7. The lowest BCUT2D eigenvalue weighted by molar-refractivity contribution is 0.292.